The van der Waals surface area contributed by atoms with Gasteiger partial charge in [-0.15, -0.1) is 0 Å². The summed E-state index contributed by atoms with van der Waals surface area (Å²) < 4.78 is 0. The molecule has 0 aromatic rings. The lowest BCUT2D eigenvalue weighted by atomic mass is 9.96. The summed E-state index contributed by atoms with van der Waals surface area (Å²) in [5, 5.41) is 14.1. The highest BCUT2D eigenvalue weighted by molar-refractivity contribution is 5.95. The Morgan fingerprint density at radius 2 is 1.96 bits per heavy atom. The molecular formula is C15H25N3O5. The maximum absolute atomic E-state index is 12.6. The molecule has 1 saturated heterocycles. The van der Waals surface area contributed by atoms with Crippen LogP contribution in [0, 0.1) is 0 Å². The number of aliphatic carboxylic acids is 1. The van der Waals surface area contributed by atoms with Crippen LogP contribution >= 0.6 is 0 Å². The molecule has 3 N–H and O–H groups in total. The fourth-order valence-corrected chi connectivity index (χ4v) is 2.80. The fourth-order valence-electron chi connectivity index (χ4n) is 2.80. The van der Waals surface area contributed by atoms with Crippen LogP contribution in [0.3, 0.4) is 0 Å². The summed E-state index contributed by atoms with van der Waals surface area (Å²) in [6, 6.07) is -0.850. The van der Waals surface area contributed by atoms with Crippen LogP contribution in [0.2, 0.25) is 0 Å². The van der Waals surface area contributed by atoms with E-state index in [0.717, 1.165) is 0 Å². The van der Waals surface area contributed by atoms with Gasteiger partial charge >= 0.3 is 5.97 Å². The summed E-state index contributed by atoms with van der Waals surface area (Å²) in [4.78, 5) is 48.6. The van der Waals surface area contributed by atoms with E-state index in [0.29, 0.717) is 19.4 Å². The van der Waals surface area contributed by atoms with Gasteiger partial charge in [-0.1, -0.05) is 0 Å². The second-order valence-corrected chi connectivity index (χ2v) is 6.02. The van der Waals surface area contributed by atoms with Gasteiger partial charge in [0, 0.05) is 13.0 Å². The molecule has 8 nitrogen and oxygen atoms in total. The van der Waals surface area contributed by atoms with Gasteiger partial charge in [0.1, 0.15) is 5.54 Å². The summed E-state index contributed by atoms with van der Waals surface area (Å²) in [6.45, 7) is 3.62. The van der Waals surface area contributed by atoms with Crippen LogP contribution in [0.15, 0.2) is 0 Å². The van der Waals surface area contributed by atoms with E-state index >= 15 is 0 Å². The van der Waals surface area contributed by atoms with Crippen LogP contribution in [0.1, 0.15) is 39.5 Å². The number of carboxylic acids is 1. The van der Waals surface area contributed by atoms with Crippen LogP contribution in [0.4, 0.5) is 0 Å². The Morgan fingerprint density at radius 1 is 1.30 bits per heavy atom. The number of nitrogens with one attached hydrogen (secondary N) is 2. The highest BCUT2D eigenvalue weighted by Gasteiger charge is 2.46. The van der Waals surface area contributed by atoms with Crippen molar-refractivity contribution in [3.63, 3.8) is 0 Å². The number of likely N-dealkylation sites (tertiary alicyclic amines) is 1. The lowest BCUT2D eigenvalue weighted by Gasteiger charge is -2.35. The minimum absolute atomic E-state index is 0.0386. The summed E-state index contributed by atoms with van der Waals surface area (Å²) in [6.07, 6.45) is 1.05. The minimum atomic E-state index is -1.02. The zero-order chi connectivity index (χ0) is 17.6. The van der Waals surface area contributed by atoms with Crippen LogP contribution in [0.5, 0.6) is 0 Å². The van der Waals surface area contributed by atoms with E-state index in [4.69, 9.17) is 5.11 Å². The van der Waals surface area contributed by atoms with E-state index in [-0.39, 0.29) is 31.1 Å². The third-order valence-electron chi connectivity index (χ3n) is 4.20. The monoisotopic (exact) mass is 327 g/mol. The summed E-state index contributed by atoms with van der Waals surface area (Å²) in [5.41, 5.74) is -1.01. The van der Waals surface area contributed by atoms with Crippen LogP contribution in [-0.2, 0) is 19.2 Å². The smallest absolute Gasteiger partial charge is 0.303 e. The number of ketones is 1. The second-order valence-electron chi connectivity index (χ2n) is 6.02. The van der Waals surface area contributed by atoms with Gasteiger partial charge in [-0.3, -0.25) is 19.2 Å². The number of carbonyl (C=O) groups is 4. The molecule has 130 valence electrons. The van der Waals surface area contributed by atoms with Gasteiger partial charge in [0.05, 0.1) is 12.6 Å². The normalized spacial score (nSPS) is 21.8. The number of rotatable bonds is 8. The Bertz CT molecular complexity index is 494. The Morgan fingerprint density at radius 3 is 2.48 bits per heavy atom. The zero-order valence-corrected chi connectivity index (χ0v) is 13.8. The highest BCUT2D eigenvalue weighted by atomic mass is 16.4. The number of nitrogens with zero attached hydrogens (tertiary/aromatic N) is 1. The Kier molecular flexibility index (Phi) is 6.68. The molecule has 0 aromatic carbocycles. The van der Waals surface area contributed by atoms with Gasteiger partial charge in [-0.25, -0.2) is 0 Å². The average Bonchev–Trinajstić information content (AvgIpc) is 2.86. The Hall–Kier alpha value is -1.96. The van der Waals surface area contributed by atoms with E-state index < -0.39 is 23.5 Å². The highest BCUT2D eigenvalue weighted by Crippen LogP contribution is 2.29. The van der Waals surface area contributed by atoms with Gasteiger partial charge < -0.3 is 20.6 Å². The number of carbonyl (C=O) groups excluding carboxylic acids is 3. The van der Waals surface area contributed by atoms with Crippen molar-refractivity contribution in [2.24, 2.45) is 0 Å². The first-order valence-corrected chi connectivity index (χ1v) is 7.70. The topological polar surface area (TPSA) is 116 Å². The molecule has 0 spiro atoms. The van der Waals surface area contributed by atoms with Crippen molar-refractivity contribution in [2.75, 3.05) is 20.1 Å². The Labute approximate surface area is 135 Å². The molecule has 0 aliphatic carbocycles. The van der Waals surface area contributed by atoms with Gasteiger partial charge in [0.15, 0.2) is 5.78 Å². The molecule has 1 aliphatic rings. The molecular weight excluding hydrogens is 302 g/mol. The molecule has 8 heteroatoms. The van der Waals surface area contributed by atoms with Crippen molar-refractivity contribution >= 4 is 23.6 Å². The van der Waals surface area contributed by atoms with Gasteiger partial charge in [-0.2, -0.15) is 0 Å². The van der Waals surface area contributed by atoms with E-state index in [1.807, 2.05) is 0 Å². The molecule has 2 atom stereocenters. The lowest BCUT2D eigenvalue weighted by molar-refractivity contribution is -0.144. The van der Waals surface area contributed by atoms with E-state index in [1.54, 1.807) is 14.0 Å². The Balaban J connectivity index is 2.81. The summed E-state index contributed by atoms with van der Waals surface area (Å²) in [5.74, 6) is -1.91. The molecule has 0 aromatic heterocycles. The zero-order valence-electron chi connectivity index (χ0n) is 13.8. The molecule has 1 aliphatic heterocycles. The van der Waals surface area contributed by atoms with Crippen LogP contribution in [0.25, 0.3) is 0 Å². The largest absolute Gasteiger partial charge is 0.481 e. The van der Waals surface area contributed by atoms with Crippen molar-refractivity contribution in [1.82, 2.24) is 15.5 Å². The second kappa shape index (κ2) is 8.05. The molecule has 0 saturated carbocycles. The average molecular weight is 327 g/mol. The standard InChI is InChI=1S/C15H25N3O5/c1-10(19)11(5-6-13(21)22)17-14(23)15(2)7-4-8-18(15)12(20)9-16-3/h11,16H,4-9H2,1-3H3,(H,17,23)(H,21,22). The van der Waals surface area contributed by atoms with E-state index in [2.05, 4.69) is 10.6 Å². The van der Waals surface area contributed by atoms with Gasteiger partial charge in [-0.05, 0) is 40.2 Å². The predicted octanol–water partition coefficient (Wildman–Crippen LogP) is -0.474. The number of Topliss-reactive ketones (excluding diaryl/α,β-unsaturated/α-hetero) is 1. The van der Waals surface area contributed by atoms with Crippen molar-refractivity contribution in [3.8, 4) is 0 Å². The number of carboxylic acid groups (broad SMARTS) is 1. The third kappa shape index (κ3) is 4.75. The quantitative estimate of drug-likeness (QED) is 0.555. The van der Waals surface area contributed by atoms with Gasteiger partial charge in [0.2, 0.25) is 11.8 Å². The molecule has 2 amide bonds. The van der Waals surface area contributed by atoms with Crippen molar-refractivity contribution in [1.29, 1.82) is 0 Å². The predicted molar refractivity (Wildman–Crippen MR) is 82.8 cm³/mol. The summed E-state index contributed by atoms with van der Waals surface area (Å²) in [7, 11) is 1.66. The first-order chi connectivity index (χ1) is 10.7. The third-order valence-corrected chi connectivity index (χ3v) is 4.20. The van der Waals surface area contributed by atoms with Crippen LogP contribution in [-0.4, -0.2) is 65.3 Å². The SMILES string of the molecule is CNCC(=O)N1CCCC1(C)C(=O)NC(CCC(=O)O)C(C)=O. The number of amides is 2. The van der Waals surface area contributed by atoms with Crippen LogP contribution < -0.4 is 10.6 Å². The first-order valence-electron chi connectivity index (χ1n) is 7.70. The van der Waals surface area contributed by atoms with E-state index in [9.17, 15) is 19.2 Å². The molecule has 2 unspecified atom stereocenters. The van der Waals surface area contributed by atoms with Gasteiger partial charge in [0.25, 0.3) is 0 Å². The maximum atomic E-state index is 12.6. The van der Waals surface area contributed by atoms with E-state index in [1.165, 1.54) is 11.8 Å². The molecule has 0 bridgehead atoms. The molecule has 1 heterocycles. The summed E-state index contributed by atoms with van der Waals surface area (Å²) >= 11 is 0. The maximum Gasteiger partial charge on any atom is 0.303 e. The van der Waals surface area contributed by atoms with Crippen molar-refractivity contribution in [3.05, 3.63) is 0 Å². The number of hydrogen-bond acceptors (Lipinski definition) is 5. The number of hydrogen-bond donors (Lipinski definition) is 3. The molecule has 1 fully saturated rings. The molecule has 0 radical (unpaired) electrons. The number of likely N-dealkylation sites (N-methyl/N-ethyl adjacent to an activating group) is 1. The first kappa shape index (κ1) is 19.1. The molecule has 23 heavy (non-hydrogen) atoms. The fraction of sp³-hybridized carbons (Fsp3) is 0.733. The van der Waals surface area contributed by atoms with Crippen molar-refractivity contribution in [2.45, 2.75) is 51.1 Å². The lowest BCUT2D eigenvalue weighted by Crippen LogP contribution is -2.59. The van der Waals surface area contributed by atoms with Crippen molar-refractivity contribution < 1.29 is 24.3 Å². The molecule has 1 rings (SSSR count). The minimum Gasteiger partial charge on any atom is -0.481 e.